The van der Waals surface area contributed by atoms with E-state index in [4.69, 9.17) is 4.74 Å². The molecule has 6 nitrogen and oxygen atoms in total. The number of rotatable bonds is 6. The van der Waals surface area contributed by atoms with E-state index in [0.717, 1.165) is 5.56 Å². The molecule has 0 aliphatic carbocycles. The molecule has 0 radical (unpaired) electrons. The fourth-order valence-corrected chi connectivity index (χ4v) is 4.13. The maximum Gasteiger partial charge on any atom is 0.262 e. The smallest absolute Gasteiger partial charge is 0.262 e. The van der Waals surface area contributed by atoms with Crippen LogP contribution in [0, 0.1) is 0 Å². The highest BCUT2D eigenvalue weighted by Gasteiger charge is 2.22. The average molecular weight is 396 g/mol. The Morgan fingerprint density at radius 1 is 0.929 bits per heavy atom. The summed E-state index contributed by atoms with van der Waals surface area (Å²) >= 11 is 0. The second-order valence-corrected chi connectivity index (χ2v) is 7.61. The molecule has 28 heavy (non-hydrogen) atoms. The number of methoxy groups -OCH3 is 1. The van der Waals surface area contributed by atoms with E-state index in [1.807, 2.05) is 30.3 Å². The summed E-state index contributed by atoms with van der Waals surface area (Å²) in [6.07, 6.45) is 0. The second kappa shape index (κ2) is 8.14. The van der Waals surface area contributed by atoms with Crippen LogP contribution >= 0.6 is 0 Å². The minimum Gasteiger partial charge on any atom is -0.497 e. The van der Waals surface area contributed by atoms with Gasteiger partial charge in [0.05, 0.1) is 23.3 Å². The van der Waals surface area contributed by atoms with E-state index in [-0.39, 0.29) is 16.1 Å². The quantitative estimate of drug-likeness (QED) is 0.668. The Morgan fingerprint density at radius 2 is 1.61 bits per heavy atom. The number of carbonyl (C=O) groups is 1. The third-order valence-electron chi connectivity index (χ3n) is 4.20. The fraction of sp³-hybridized carbons (Fsp3) is 0.0952. The highest BCUT2D eigenvalue weighted by molar-refractivity contribution is 7.92. The molecule has 3 rings (SSSR count). The van der Waals surface area contributed by atoms with Crippen LogP contribution in [0.4, 0.5) is 5.69 Å². The lowest BCUT2D eigenvalue weighted by atomic mass is 10.1. The van der Waals surface area contributed by atoms with Gasteiger partial charge in [0, 0.05) is 12.6 Å². The predicted molar refractivity (Wildman–Crippen MR) is 109 cm³/mol. The highest BCUT2D eigenvalue weighted by atomic mass is 32.2. The standard InChI is InChI=1S/C21H20N2O4S/c1-22-21(24)18-14-16(27-2)12-13-19(18)23-28(25,26)20-11-7-6-10-17(20)15-8-4-3-5-9-15/h3-14,23H,1-2H3,(H,22,24). The van der Waals surface area contributed by atoms with E-state index in [2.05, 4.69) is 10.0 Å². The molecule has 0 spiro atoms. The molecule has 0 fully saturated rings. The van der Waals surface area contributed by atoms with E-state index < -0.39 is 15.9 Å². The normalized spacial score (nSPS) is 10.9. The summed E-state index contributed by atoms with van der Waals surface area (Å²) < 4.78 is 34.0. The lowest BCUT2D eigenvalue weighted by Crippen LogP contribution is -2.22. The van der Waals surface area contributed by atoms with Gasteiger partial charge >= 0.3 is 0 Å². The zero-order chi connectivity index (χ0) is 20.1. The summed E-state index contributed by atoms with van der Waals surface area (Å²) in [7, 11) is -0.995. The molecule has 3 aromatic carbocycles. The largest absolute Gasteiger partial charge is 0.497 e. The van der Waals surface area contributed by atoms with Crippen LogP contribution in [0.25, 0.3) is 11.1 Å². The van der Waals surface area contributed by atoms with Crippen molar-refractivity contribution in [2.24, 2.45) is 0 Å². The molecule has 0 atom stereocenters. The van der Waals surface area contributed by atoms with Crippen LogP contribution < -0.4 is 14.8 Å². The number of sulfonamides is 1. The van der Waals surface area contributed by atoms with Crippen molar-refractivity contribution < 1.29 is 17.9 Å². The summed E-state index contributed by atoms with van der Waals surface area (Å²) in [5, 5.41) is 2.51. The molecule has 1 amide bonds. The molecule has 0 heterocycles. The predicted octanol–water partition coefficient (Wildman–Crippen LogP) is 3.52. The first-order chi connectivity index (χ1) is 13.5. The zero-order valence-corrected chi connectivity index (χ0v) is 16.3. The van der Waals surface area contributed by atoms with E-state index in [9.17, 15) is 13.2 Å². The number of amides is 1. The SMILES string of the molecule is CNC(=O)c1cc(OC)ccc1NS(=O)(=O)c1ccccc1-c1ccccc1. The maximum absolute atomic E-state index is 13.1. The van der Waals surface area contributed by atoms with Gasteiger partial charge in [0.15, 0.2) is 0 Å². The van der Waals surface area contributed by atoms with Gasteiger partial charge in [-0.2, -0.15) is 0 Å². The van der Waals surface area contributed by atoms with Crippen molar-refractivity contribution in [1.82, 2.24) is 5.32 Å². The number of hydrogen-bond donors (Lipinski definition) is 2. The molecule has 0 aliphatic rings. The van der Waals surface area contributed by atoms with E-state index in [0.29, 0.717) is 11.3 Å². The van der Waals surface area contributed by atoms with Gasteiger partial charge in [-0.15, -0.1) is 0 Å². The second-order valence-electron chi connectivity index (χ2n) is 5.96. The Morgan fingerprint density at radius 3 is 2.29 bits per heavy atom. The van der Waals surface area contributed by atoms with Gasteiger partial charge in [-0.1, -0.05) is 48.5 Å². The minimum absolute atomic E-state index is 0.125. The van der Waals surface area contributed by atoms with Crippen molar-refractivity contribution in [1.29, 1.82) is 0 Å². The number of anilines is 1. The number of hydrogen-bond acceptors (Lipinski definition) is 4. The summed E-state index contributed by atoms with van der Waals surface area (Å²) in [6.45, 7) is 0. The number of carbonyl (C=O) groups excluding carboxylic acids is 1. The van der Waals surface area contributed by atoms with Crippen LogP contribution in [0.2, 0.25) is 0 Å². The van der Waals surface area contributed by atoms with Crippen LogP contribution in [-0.4, -0.2) is 28.5 Å². The summed E-state index contributed by atoms with van der Waals surface area (Å²) in [5.74, 6) is 0.0270. The minimum atomic E-state index is -3.95. The fourth-order valence-electron chi connectivity index (χ4n) is 2.82. The van der Waals surface area contributed by atoms with E-state index in [1.165, 1.54) is 32.4 Å². The first-order valence-electron chi connectivity index (χ1n) is 8.53. The van der Waals surface area contributed by atoms with E-state index >= 15 is 0 Å². The topological polar surface area (TPSA) is 84.5 Å². The average Bonchev–Trinajstić information content (AvgIpc) is 2.74. The van der Waals surface area contributed by atoms with Gasteiger partial charge in [-0.3, -0.25) is 9.52 Å². The van der Waals surface area contributed by atoms with Crippen LogP contribution in [0.3, 0.4) is 0 Å². The molecule has 3 aromatic rings. The molecule has 144 valence electrons. The van der Waals surface area contributed by atoms with Crippen molar-refractivity contribution in [3.05, 3.63) is 78.4 Å². The first-order valence-corrected chi connectivity index (χ1v) is 10.0. The van der Waals surface area contributed by atoms with Gasteiger partial charge in [0.2, 0.25) is 0 Å². The van der Waals surface area contributed by atoms with Crippen molar-refractivity contribution >= 4 is 21.6 Å². The monoisotopic (exact) mass is 396 g/mol. The molecule has 0 saturated carbocycles. The number of benzene rings is 3. The van der Waals surface area contributed by atoms with Crippen LogP contribution in [0.5, 0.6) is 5.75 Å². The van der Waals surface area contributed by atoms with Gasteiger partial charge in [-0.25, -0.2) is 8.42 Å². The Labute approximate surface area is 164 Å². The lowest BCUT2D eigenvalue weighted by Gasteiger charge is -2.15. The van der Waals surface area contributed by atoms with Crippen LogP contribution in [-0.2, 0) is 10.0 Å². The van der Waals surface area contributed by atoms with Gasteiger partial charge in [0.1, 0.15) is 5.75 Å². The molecule has 0 aliphatic heterocycles. The Bertz CT molecular complexity index is 1100. The first kappa shape index (κ1) is 19.4. The van der Waals surface area contributed by atoms with Gasteiger partial charge < -0.3 is 10.1 Å². The third-order valence-corrected chi connectivity index (χ3v) is 5.63. The summed E-state index contributed by atoms with van der Waals surface area (Å²) in [6, 6.07) is 20.6. The van der Waals surface area contributed by atoms with E-state index in [1.54, 1.807) is 24.3 Å². The number of nitrogens with one attached hydrogen (secondary N) is 2. The van der Waals surface area contributed by atoms with Crippen molar-refractivity contribution in [2.75, 3.05) is 18.9 Å². The zero-order valence-electron chi connectivity index (χ0n) is 15.5. The van der Waals surface area contributed by atoms with Crippen molar-refractivity contribution in [3.8, 4) is 16.9 Å². The molecule has 0 bridgehead atoms. The molecule has 0 unspecified atom stereocenters. The molecule has 7 heteroatoms. The lowest BCUT2D eigenvalue weighted by molar-refractivity contribution is 0.0963. The molecular weight excluding hydrogens is 376 g/mol. The van der Waals surface area contributed by atoms with Crippen molar-refractivity contribution in [2.45, 2.75) is 4.90 Å². The molecule has 0 saturated heterocycles. The van der Waals surface area contributed by atoms with Gasteiger partial charge in [-0.05, 0) is 29.8 Å². The third kappa shape index (κ3) is 3.99. The van der Waals surface area contributed by atoms with Crippen LogP contribution in [0.15, 0.2) is 77.7 Å². The maximum atomic E-state index is 13.1. The van der Waals surface area contributed by atoms with Crippen LogP contribution in [0.1, 0.15) is 10.4 Å². The Kier molecular flexibility index (Phi) is 5.65. The van der Waals surface area contributed by atoms with Gasteiger partial charge in [0.25, 0.3) is 15.9 Å². The number of ether oxygens (including phenoxy) is 1. The molecule has 0 aromatic heterocycles. The van der Waals surface area contributed by atoms with Crippen molar-refractivity contribution in [3.63, 3.8) is 0 Å². The summed E-state index contributed by atoms with van der Waals surface area (Å²) in [5.41, 5.74) is 1.70. The Balaban J connectivity index is 2.06. The molecular formula is C21H20N2O4S. The summed E-state index contributed by atoms with van der Waals surface area (Å²) in [4.78, 5) is 12.3. The Hall–Kier alpha value is -3.32. The molecule has 2 N–H and O–H groups in total. The highest BCUT2D eigenvalue weighted by Crippen LogP contribution is 2.30.